The summed E-state index contributed by atoms with van der Waals surface area (Å²) in [6, 6.07) is 14.5. The fraction of sp³-hybridized carbons (Fsp3) is 0.292. The summed E-state index contributed by atoms with van der Waals surface area (Å²) in [4.78, 5) is 40.0. The Morgan fingerprint density at radius 2 is 1.88 bits per heavy atom. The van der Waals surface area contributed by atoms with Gasteiger partial charge in [-0.1, -0.05) is 54.1 Å². The molecule has 2 heterocycles. The molecule has 1 aliphatic rings. The molecule has 1 saturated heterocycles. The molecule has 2 N–H and O–H groups in total. The molecule has 0 aliphatic carbocycles. The molecule has 34 heavy (non-hydrogen) atoms. The number of halogens is 1. The van der Waals surface area contributed by atoms with Crippen molar-refractivity contribution in [3.8, 4) is 0 Å². The van der Waals surface area contributed by atoms with Crippen molar-refractivity contribution < 1.29 is 14.4 Å². The zero-order chi connectivity index (χ0) is 24.1. The predicted molar refractivity (Wildman–Crippen MR) is 132 cm³/mol. The van der Waals surface area contributed by atoms with Crippen molar-refractivity contribution in [2.75, 3.05) is 23.7 Å². The van der Waals surface area contributed by atoms with E-state index in [1.165, 1.54) is 0 Å². The summed E-state index contributed by atoms with van der Waals surface area (Å²) >= 11 is 6.87. The Bertz CT molecular complexity index is 1210. The van der Waals surface area contributed by atoms with Crippen molar-refractivity contribution in [1.82, 2.24) is 15.1 Å². The van der Waals surface area contributed by atoms with Crippen LogP contribution in [-0.2, 0) is 11.2 Å². The zero-order valence-corrected chi connectivity index (χ0v) is 20.2. The lowest BCUT2D eigenvalue weighted by Gasteiger charge is -2.31. The molecule has 0 saturated carbocycles. The molecule has 0 radical (unpaired) electrons. The van der Waals surface area contributed by atoms with E-state index >= 15 is 0 Å². The minimum absolute atomic E-state index is 0.0748. The molecule has 2 aromatic carbocycles. The highest BCUT2D eigenvalue weighted by molar-refractivity contribution is 7.15. The van der Waals surface area contributed by atoms with Gasteiger partial charge in [0.05, 0.1) is 5.92 Å². The number of aromatic nitrogens is 2. The van der Waals surface area contributed by atoms with Crippen molar-refractivity contribution in [3.05, 3.63) is 69.1 Å². The highest BCUT2D eigenvalue weighted by Crippen LogP contribution is 2.24. The standard InChI is InChI=1S/C24H24ClN5O3S/c1-2-15-7-3-4-11-19(15)27-20(31)16-8-6-12-30(14-16)24(33)23-29-28-22(34-23)21(32)26-18-10-5-9-17(25)13-18/h3-5,7,9-11,13,16H,2,6,8,12,14H2,1H3,(H,26,32)(H,27,31). The van der Waals surface area contributed by atoms with Crippen LogP contribution in [0.5, 0.6) is 0 Å². The van der Waals surface area contributed by atoms with Crippen LogP contribution in [0.15, 0.2) is 48.5 Å². The lowest BCUT2D eigenvalue weighted by atomic mass is 9.96. The van der Waals surface area contributed by atoms with E-state index in [9.17, 15) is 14.4 Å². The van der Waals surface area contributed by atoms with Crippen molar-refractivity contribution >= 4 is 52.0 Å². The van der Waals surface area contributed by atoms with E-state index in [2.05, 4.69) is 20.8 Å². The maximum absolute atomic E-state index is 13.0. The topological polar surface area (TPSA) is 104 Å². The smallest absolute Gasteiger partial charge is 0.286 e. The molecule has 0 bridgehead atoms. The van der Waals surface area contributed by atoms with E-state index in [0.717, 1.165) is 29.0 Å². The largest absolute Gasteiger partial charge is 0.336 e. The molecule has 1 aliphatic heterocycles. The van der Waals surface area contributed by atoms with Gasteiger partial charge in [-0.05, 0) is 49.1 Å². The Morgan fingerprint density at radius 1 is 1.09 bits per heavy atom. The van der Waals surface area contributed by atoms with Crippen LogP contribution in [0.25, 0.3) is 0 Å². The molecule has 8 nitrogen and oxygen atoms in total. The van der Waals surface area contributed by atoms with Gasteiger partial charge >= 0.3 is 0 Å². The summed E-state index contributed by atoms with van der Waals surface area (Å²) in [6.45, 7) is 2.86. The maximum Gasteiger partial charge on any atom is 0.286 e. The first kappa shape index (κ1) is 23.8. The maximum atomic E-state index is 13.0. The molecule has 1 aromatic heterocycles. The van der Waals surface area contributed by atoms with Gasteiger partial charge in [0.2, 0.25) is 15.9 Å². The summed E-state index contributed by atoms with van der Waals surface area (Å²) < 4.78 is 0. The number of anilines is 2. The molecule has 3 aromatic rings. The first-order valence-corrected chi connectivity index (χ1v) is 12.2. The number of aryl methyl sites for hydroxylation is 1. The molecular weight excluding hydrogens is 474 g/mol. The first-order valence-electron chi connectivity index (χ1n) is 11.0. The summed E-state index contributed by atoms with van der Waals surface area (Å²) in [5, 5.41) is 14.2. The van der Waals surface area contributed by atoms with Crippen LogP contribution >= 0.6 is 22.9 Å². The Kier molecular flexibility index (Phi) is 7.54. The number of nitrogens with zero attached hydrogens (tertiary/aromatic N) is 3. The third kappa shape index (κ3) is 5.60. The average molecular weight is 498 g/mol. The van der Waals surface area contributed by atoms with Crippen LogP contribution in [0.3, 0.4) is 0 Å². The van der Waals surface area contributed by atoms with Crippen molar-refractivity contribution in [2.45, 2.75) is 26.2 Å². The molecule has 1 fully saturated rings. The minimum atomic E-state index is -0.468. The summed E-state index contributed by atoms with van der Waals surface area (Å²) in [5.41, 5.74) is 2.39. The molecule has 3 amide bonds. The van der Waals surface area contributed by atoms with Gasteiger partial charge in [0.1, 0.15) is 0 Å². The number of benzene rings is 2. The average Bonchev–Trinajstić information content (AvgIpc) is 3.34. The van der Waals surface area contributed by atoms with Gasteiger partial charge in [-0.3, -0.25) is 14.4 Å². The van der Waals surface area contributed by atoms with Crippen LogP contribution < -0.4 is 10.6 Å². The zero-order valence-electron chi connectivity index (χ0n) is 18.6. The number of likely N-dealkylation sites (tertiary alicyclic amines) is 1. The second-order valence-corrected chi connectivity index (χ2v) is 9.38. The second kappa shape index (κ2) is 10.8. The summed E-state index contributed by atoms with van der Waals surface area (Å²) in [5.74, 6) is -1.21. The number of carbonyl (C=O) groups is 3. The minimum Gasteiger partial charge on any atom is -0.336 e. The number of nitrogens with one attached hydrogen (secondary N) is 2. The Balaban J connectivity index is 1.39. The lowest BCUT2D eigenvalue weighted by molar-refractivity contribution is -0.121. The third-order valence-electron chi connectivity index (χ3n) is 5.62. The number of para-hydroxylation sites is 1. The summed E-state index contributed by atoms with van der Waals surface area (Å²) in [7, 11) is 0. The van der Waals surface area contributed by atoms with E-state index in [4.69, 9.17) is 11.6 Å². The van der Waals surface area contributed by atoms with Gasteiger partial charge in [-0.25, -0.2) is 0 Å². The van der Waals surface area contributed by atoms with Gasteiger partial charge < -0.3 is 15.5 Å². The predicted octanol–water partition coefficient (Wildman–Crippen LogP) is 4.50. The molecule has 1 atom stereocenters. The van der Waals surface area contributed by atoms with Gasteiger partial charge in [0.25, 0.3) is 11.8 Å². The third-order valence-corrected chi connectivity index (χ3v) is 6.77. The fourth-order valence-electron chi connectivity index (χ4n) is 3.85. The Hall–Kier alpha value is -3.30. The molecule has 4 rings (SSSR count). The van der Waals surface area contributed by atoms with E-state index in [-0.39, 0.29) is 27.7 Å². The van der Waals surface area contributed by atoms with Crippen LogP contribution in [0, 0.1) is 5.92 Å². The lowest BCUT2D eigenvalue weighted by Crippen LogP contribution is -2.43. The van der Waals surface area contributed by atoms with Crippen LogP contribution in [0.4, 0.5) is 11.4 Å². The van der Waals surface area contributed by atoms with Crippen LogP contribution in [0.1, 0.15) is 44.9 Å². The van der Waals surface area contributed by atoms with E-state index < -0.39 is 5.91 Å². The normalized spacial score (nSPS) is 15.6. The number of piperidine rings is 1. The Morgan fingerprint density at radius 3 is 2.68 bits per heavy atom. The monoisotopic (exact) mass is 497 g/mol. The van der Waals surface area contributed by atoms with Crippen molar-refractivity contribution in [3.63, 3.8) is 0 Å². The van der Waals surface area contributed by atoms with Gasteiger partial charge in [0.15, 0.2) is 0 Å². The number of hydrogen-bond acceptors (Lipinski definition) is 6. The SMILES string of the molecule is CCc1ccccc1NC(=O)C1CCCN(C(=O)c2nnc(C(=O)Nc3cccc(Cl)c3)s2)C1. The second-order valence-electron chi connectivity index (χ2n) is 7.97. The van der Waals surface area contributed by atoms with E-state index in [1.54, 1.807) is 29.2 Å². The first-order chi connectivity index (χ1) is 16.4. The summed E-state index contributed by atoms with van der Waals surface area (Å²) in [6.07, 6.45) is 2.23. The molecule has 1 unspecified atom stereocenters. The highest BCUT2D eigenvalue weighted by atomic mass is 35.5. The number of carbonyl (C=O) groups excluding carboxylic acids is 3. The molecule has 0 spiro atoms. The van der Waals surface area contributed by atoms with E-state index in [0.29, 0.717) is 36.6 Å². The van der Waals surface area contributed by atoms with Crippen molar-refractivity contribution in [2.24, 2.45) is 5.92 Å². The number of amides is 3. The molecular formula is C24H24ClN5O3S. The highest BCUT2D eigenvalue weighted by Gasteiger charge is 2.31. The molecule has 176 valence electrons. The fourth-order valence-corrected chi connectivity index (χ4v) is 4.75. The number of hydrogen-bond donors (Lipinski definition) is 2. The quantitative estimate of drug-likeness (QED) is 0.522. The van der Waals surface area contributed by atoms with Gasteiger partial charge in [-0.15, -0.1) is 10.2 Å². The van der Waals surface area contributed by atoms with Gasteiger partial charge in [0, 0.05) is 29.5 Å². The number of rotatable bonds is 6. The van der Waals surface area contributed by atoms with Crippen molar-refractivity contribution in [1.29, 1.82) is 0 Å². The van der Waals surface area contributed by atoms with Gasteiger partial charge in [-0.2, -0.15) is 0 Å². The van der Waals surface area contributed by atoms with Crippen LogP contribution in [-0.4, -0.2) is 45.9 Å². The van der Waals surface area contributed by atoms with E-state index in [1.807, 2.05) is 31.2 Å². The Labute approximate surface area is 206 Å². The van der Waals surface area contributed by atoms with Crippen LogP contribution in [0.2, 0.25) is 5.02 Å². The molecule has 10 heteroatoms.